The Balaban J connectivity index is 1.90. The fourth-order valence-electron chi connectivity index (χ4n) is 1.74. The molecule has 0 saturated carbocycles. The quantitative estimate of drug-likeness (QED) is 0.669. The number of hydrogen-bond donors (Lipinski definition) is 0. The lowest BCUT2D eigenvalue weighted by Gasteiger charge is -2.31. The van der Waals surface area contributed by atoms with Gasteiger partial charge in [-0.2, -0.15) is 0 Å². The summed E-state index contributed by atoms with van der Waals surface area (Å²) in [5.41, 5.74) is 0. The summed E-state index contributed by atoms with van der Waals surface area (Å²) in [4.78, 5) is 26.1. The van der Waals surface area contributed by atoms with E-state index in [0.29, 0.717) is 13.2 Å². The summed E-state index contributed by atoms with van der Waals surface area (Å²) in [6.07, 6.45) is -0.0321. The number of nitrogens with zero attached hydrogens (tertiary/aromatic N) is 2. The molecule has 0 bridgehead atoms. The van der Waals surface area contributed by atoms with E-state index in [2.05, 4.69) is 4.90 Å². The monoisotopic (exact) mass is 230 g/mol. The number of imide groups is 1. The number of ether oxygens (including phenoxy) is 1. The van der Waals surface area contributed by atoms with Gasteiger partial charge in [0.25, 0.3) is 5.24 Å². The molecule has 0 N–H and O–H groups in total. The molecule has 0 aromatic heterocycles. The second kappa shape index (κ2) is 4.51. The smallest absolute Gasteiger partial charge is 0.288 e. The van der Waals surface area contributed by atoms with Gasteiger partial charge in [0, 0.05) is 13.1 Å². The zero-order chi connectivity index (χ0) is 10.8. The minimum absolute atomic E-state index is 0.0321. The van der Waals surface area contributed by atoms with Crippen molar-refractivity contribution in [2.24, 2.45) is 0 Å². The van der Waals surface area contributed by atoms with Crippen LogP contribution in [0.15, 0.2) is 0 Å². The molecule has 0 aliphatic carbocycles. The van der Waals surface area contributed by atoms with E-state index in [1.165, 1.54) is 4.90 Å². The van der Waals surface area contributed by atoms with Gasteiger partial charge in [-0.15, -0.1) is 0 Å². The van der Waals surface area contributed by atoms with Gasteiger partial charge in [-0.3, -0.25) is 14.5 Å². The van der Waals surface area contributed by atoms with Gasteiger partial charge in [-0.1, -0.05) is 11.8 Å². The van der Waals surface area contributed by atoms with Crippen LogP contribution in [0.25, 0.3) is 0 Å². The molecule has 15 heavy (non-hydrogen) atoms. The van der Waals surface area contributed by atoms with Crippen LogP contribution in [0.2, 0.25) is 0 Å². The molecule has 2 saturated heterocycles. The van der Waals surface area contributed by atoms with E-state index in [4.69, 9.17) is 4.74 Å². The number of rotatable bonds is 2. The lowest BCUT2D eigenvalue weighted by Crippen LogP contribution is -2.47. The minimum Gasteiger partial charge on any atom is -0.374 e. The largest absolute Gasteiger partial charge is 0.374 e. The summed E-state index contributed by atoms with van der Waals surface area (Å²) in [6, 6.07) is 0. The summed E-state index contributed by atoms with van der Waals surface area (Å²) >= 11 is 1.07. The molecule has 1 atom stereocenters. The molecule has 2 rings (SSSR count). The van der Waals surface area contributed by atoms with Gasteiger partial charge in [0.1, 0.15) is 0 Å². The third-order valence-electron chi connectivity index (χ3n) is 2.57. The Kier molecular flexibility index (Phi) is 3.28. The minimum atomic E-state index is -0.142. The molecule has 0 aromatic carbocycles. The van der Waals surface area contributed by atoms with Crippen molar-refractivity contribution in [1.82, 2.24) is 9.80 Å². The molecule has 2 amide bonds. The topological polar surface area (TPSA) is 49.9 Å². The van der Waals surface area contributed by atoms with E-state index >= 15 is 0 Å². The third-order valence-corrected chi connectivity index (χ3v) is 3.43. The van der Waals surface area contributed by atoms with Crippen molar-refractivity contribution in [3.63, 3.8) is 0 Å². The van der Waals surface area contributed by atoms with Crippen LogP contribution in [0, 0.1) is 0 Å². The zero-order valence-electron chi connectivity index (χ0n) is 8.64. The fraction of sp³-hybridized carbons (Fsp3) is 0.778. The molecule has 2 aliphatic rings. The Hall–Kier alpha value is -0.590. The summed E-state index contributed by atoms with van der Waals surface area (Å²) < 4.78 is 5.51. The molecule has 84 valence electrons. The van der Waals surface area contributed by atoms with Gasteiger partial charge < -0.3 is 9.64 Å². The number of carbonyl (C=O) groups excluding carboxylic acids is 2. The maximum Gasteiger partial charge on any atom is 0.288 e. The molecule has 0 unspecified atom stereocenters. The SMILES string of the molecule is CN1CCO[C@H](CN2C(=O)CSC2=O)C1. The number of amides is 2. The lowest BCUT2D eigenvalue weighted by atomic mass is 10.2. The first-order chi connectivity index (χ1) is 7.16. The molecular weight excluding hydrogens is 216 g/mol. The molecule has 0 spiro atoms. The van der Waals surface area contributed by atoms with Crippen LogP contribution in [0.5, 0.6) is 0 Å². The summed E-state index contributed by atoms with van der Waals surface area (Å²) in [5, 5.41) is -0.142. The number of hydrogen-bond acceptors (Lipinski definition) is 5. The van der Waals surface area contributed by atoms with Gasteiger partial charge >= 0.3 is 0 Å². The second-order valence-electron chi connectivity index (χ2n) is 3.81. The van der Waals surface area contributed by atoms with Crippen molar-refractivity contribution >= 4 is 22.9 Å². The normalized spacial score (nSPS) is 28.9. The van der Waals surface area contributed by atoms with Crippen molar-refractivity contribution in [2.45, 2.75) is 6.10 Å². The Morgan fingerprint density at radius 3 is 2.93 bits per heavy atom. The molecule has 2 aliphatic heterocycles. The fourth-order valence-corrected chi connectivity index (χ4v) is 2.47. The van der Waals surface area contributed by atoms with Crippen LogP contribution in [0.1, 0.15) is 0 Å². The standard InChI is InChI=1S/C9H14N2O3S/c1-10-2-3-14-7(4-10)5-11-8(12)6-15-9(11)13/h7H,2-6H2,1H3/t7-/m0/s1. The number of carbonyl (C=O) groups is 2. The van der Waals surface area contributed by atoms with Crippen LogP contribution in [-0.2, 0) is 9.53 Å². The Labute approximate surface area is 92.7 Å². The highest BCUT2D eigenvalue weighted by molar-refractivity contribution is 8.14. The molecule has 0 aromatic rings. The van der Waals surface area contributed by atoms with Gasteiger partial charge in [0.2, 0.25) is 5.91 Å². The number of thioether (sulfide) groups is 1. The average Bonchev–Trinajstić information content (AvgIpc) is 2.50. The van der Waals surface area contributed by atoms with E-state index in [-0.39, 0.29) is 23.0 Å². The first kappa shape index (κ1) is 10.9. The molecule has 5 nitrogen and oxygen atoms in total. The zero-order valence-corrected chi connectivity index (χ0v) is 9.46. The van der Waals surface area contributed by atoms with Crippen molar-refractivity contribution in [1.29, 1.82) is 0 Å². The molecule has 6 heteroatoms. The van der Waals surface area contributed by atoms with Crippen LogP contribution >= 0.6 is 11.8 Å². The van der Waals surface area contributed by atoms with Crippen LogP contribution in [-0.4, -0.2) is 66.1 Å². The van der Waals surface area contributed by atoms with Gasteiger partial charge in [0.05, 0.1) is 25.0 Å². The number of morpholine rings is 1. The van der Waals surface area contributed by atoms with Gasteiger partial charge in [-0.25, -0.2) is 0 Å². The molecular formula is C9H14N2O3S. The highest BCUT2D eigenvalue weighted by Crippen LogP contribution is 2.19. The third kappa shape index (κ3) is 2.50. The first-order valence-corrected chi connectivity index (χ1v) is 5.92. The summed E-state index contributed by atoms with van der Waals surface area (Å²) in [5.74, 6) is 0.184. The van der Waals surface area contributed by atoms with Crippen molar-refractivity contribution in [2.75, 3.05) is 39.0 Å². The summed E-state index contributed by atoms with van der Waals surface area (Å²) in [7, 11) is 2.01. The molecule has 2 heterocycles. The maximum atomic E-state index is 11.4. The predicted octanol–water partition coefficient (Wildman–Crippen LogP) is 0.0124. The Morgan fingerprint density at radius 2 is 2.33 bits per heavy atom. The van der Waals surface area contributed by atoms with Crippen molar-refractivity contribution < 1.29 is 14.3 Å². The summed E-state index contributed by atoms with van der Waals surface area (Å²) in [6.45, 7) is 2.76. The lowest BCUT2D eigenvalue weighted by molar-refractivity contribution is -0.127. The molecule has 0 radical (unpaired) electrons. The predicted molar refractivity (Wildman–Crippen MR) is 56.8 cm³/mol. The second-order valence-corrected chi connectivity index (χ2v) is 4.74. The average molecular weight is 230 g/mol. The van der Waals surface area contributed by atoms with Crippen molar-refractivity contribution in [3.05, 3.63) is 0 Å². The van der Waals surface area contributed by atoms with E-state index in [9.17, 15) is 9.59 Å². The van der Waals surface area contributed by atoms with Crippen LogP contribution < -0.4 is 0 Å². The highest BCUT2D eigenvalue weighted by Gasteiger charge is 2.33. The van der Waals surface area contributed by atoms with E-state index < -0.39 is 0 Å². The highest BCUT2D eigenvalue weighted by atomic mass is 32.2. The van der Waals surface area contributed by atoms with Gasteiger partial charge in [0.15, 0.2) is 0 Å². The maximum absolute atomic E-state index is 11.4. The van der Waals surface area contributed by atoms with Gasteiger partial charge in [-0.05, 0) is 7.05 Å². The van der Waals surface area contributed by atoms with Crippen LogP contribution in [0.4, 0.5) is 4.79 Å². The van der Waals surface area contributed by atoms with E-state index in [1.807, 2.05) is 7.05 Å². The Morgan fingerprint density at radius 1 is 1.53 bits per heavy atom. The number of likely N-dealkylation sites (N-methyl/N-ethyl adjacent to an activating group) is 1. The van der Waals surface area contributed by atoms with Crippen molar-refractivity contribution in [3.8, 4) is 0 Å². The van der Waals surface area contributed by atoms with E-state index in [0.717, 1.165) is 24.9 Å². The Bertz CT molecular complexity index is 269. The first-order valence-electron chi connectivity index (χ1n) is 4.94. The van der Waals surface area contributed by atoms with Crippen LogP contribution in [0.3, 0.4) is 0 Å². The van der Waals surface area contributed by atoms with E-state index in [1.54, 1.807) is 0 Å². The molecule has 2 fully saturated rings.